The van der Waals surface area contributed by atoms with Crippen molar-refractivity contribution in [2.75, 3.05) is 13.7 Å². The van der Waals surface area contributed by atoms with Gasteiger partial charge in [-0.15, -0.1) is 6.42 Å². The van der Waals surface area contributed by atoms with Crippen molar-refractivity contribution in [2.45, 2.75) is 19.3 Å². The second-order valence-corrected chi connectivity index (χ2v) is 2.29. The normalized spacial score (nSPS) is 8.62. The lowest BCUT2D eigenvalue weighted by atomic mass is 10.2. The molecule has 0 radical (unpaired) electrons. The van der Waals surface area contributed by atoms with E-state index in [4.69, 9.17) is 6.42 Å². The van der Waals surface area contributed by atoms with Crippen LogP contribution in [0.4, 0.5) is 0 Å². The molecule has 0 aromatic heterocycles. The molecule has 13 heavy (non-hydrogen) atoms. The topological polar surface area (TPSA) is 52.6 Å². The van der Waals surface area contributed by atoms with Gasteiger partial charge >= 0.3 is 11.9 Å². The molecular weight excluding hydrogens is 172 g/mol. The minimum Gasteiger partial charge on any atom is -0.469 e. The Bertz CT molecular complexity index is 214. The van der Waals surface area contributed by atoms with Crippen molar-refractivity contribution in [2.24, 2.45) is 0 Å². The van der Waals surface area contributed by atoms with E-state index in [0.29, 0.717) is 6.42 Å². The van der Waals surface area contributed by atoms with Gasteiger partial charge in [0.1, 0.15) is 0 Å². The van der Waals surface area contributed by atoms with Gasteiger partial charge in [0.25, 0.3) is 0 Å². The van der Waals surface area contributed by atoms with Gasteiger partial charge in [-0.05, 0) is 6.42 Å². The fourth-order valence-corrected chi connectivity index (χ4v) is 0.673. The second kappa shape index (κ2) is 7.17. The molecule has 0 fully saturated rings. The molecule has 72 valence electrons. The van der Waals surface area contributed by atoms with Crippen LogP contribution in [0.15, 0.2) is 0 Å². The molecule has 0 aromatic rings. The average molecular weight is 184 g/mol. The molecule has 0 aliphatic heterocycles. The molecule has 4 heteroatoms. The van der Waals surface area contributed by atoms with E-state index >= 15 is 0 Å². The Morgan fingerprint density at radius 1 is 1.31 bits per heavy atom. The summed E-state index contributed by atoms with van der Waals surface area (Å²) in [6.07, 6.45) is 5.72. The summed E-state index contributed by atoms with van der Waals surface area (Å²) >= 11 is 0. The summed E-state index contributed by atoms with van der Waals surface area (Å²) in [6.45, 7) is -0.0168. The summed E-state index contributed by atoms with van der Waals surface area (Å²) in [6, 6.07) is 0. The quantitative estimate of drug-likeness (QED) is 0.461. The lowest BCUT2D eigenvalue weighted by Crippen LogP contribution is -2.06. The van der Waals surface area contributed by atoms with Crippen LogP contribution in [-0.4, -0.2) is 25.7 Å². The molecule has 0 heterocycles. The second-order valence-electron chi connectivity index (χ2n) is 2.29. The van der Waals surface area contributed by atoms with E-state index in [1.54, 1.807) is 0 Å². The molecule has 0 amide bonds. The van der Waals surface area contributed by atoms with Gasteiger partial charge in [-0.2, -0.15) is 0 Å². The summed E-state index contributed by atoms with van der Waals surface area (Å²) < 4.78 is 8.97. The van der Waals surface area contributed by atoms with Crippen molar-refractivity contribution >= 4 is 11.9 Å². The first-order valence-electron chi connectivity index (χ1n) is 3.86. The van der Waals surface area contributed by atoms with E-state index in [9.17, 15) is 9.59 Å². The highest BCUT2D eigenvalue weighted by Gasteiger charge is 2.04. The van der Waals surface area contributed by atoms with E-state index in [0.717, 1.165) is 0 Å². The van der Waals surface area contributed by atoms with E-state index in [1.165, 1.54) is 7.11 Å². The maximum Gasteiger partial charge on any atom is 0.306 e. The number of carbonyl (C=O) groups excluding carboxylic acids is 2. The highest BCUT2D eigenvalue weighted by atomic mass is 16.5. The molecule has 0 spiro atoms. The zero-order valence-electron chi connectivity index (χ0n) is 7.54. The number of esters is 2. The van der Waals surface area contributed by atoms with Crippen LogP contribution < -0.4 is 0 Å². The number of methoxy groups -OCH3 is 1. The molecule has 0 aliphatic carbocycles. The largest absolute Gasteiger partial charge is 0.469 e. The summed E-state index contributed by atoms with van der Waals surface area (Å²) in [5, 5.41) is 0. The van der Waals surface area contributed by atoms with Gasteiger partial charge < -0.3 is 9.47 Å². The highest BCUT2D eigenvalue weighted by molar-refractivity contribution is 5.72. The maximum absolute atomic E-state index is 10.8. The predicted octanol–water partition coefficient (Wildman–Crippen LogP) is 0.506. The fraction of sp³-hybridized carbons (Fsp3) is 0.556. The molecule has 0 aliphatic rings. The molecule has 0 N–H and O–H groups in total. The summed E-state index contributed by atoms with van der Waals surface area (Å²) in [5.74, 6) is 1.46. The number of carbonyl (C=O) groups is 2. The standard InChI is InChI=1S/C9H12O4/c1-3-7-13-9(11)6-4-5-8(10)12-2/h1H,4-7H2,2H3. The van der Waals surface area contributed by atoms with Gasteiger partial charge in [-0.3, -0.25) is 9.59 Å². The lowest BCUT2D eigenvalue weighted by Gasteiger charge is -1.99. The highest BCUT2D eigenvalue weighted by Crippen LogP contribution is 1.98. The fourth-order valence-electron chi connectivity index (χ4n) is 0.673. The van der Waals surface area contributed by atoms with Gasteiger partial charge in [0.2, 0.25) is 0 Å². The Hall–Kier alpha value is -1.50. The predicted molar refractivity (Wildman–Crippen MR) is 45.7 cm³/mol. The lowest BCUT2D eigenvalue weighted by molar-refractivity contribution is -0.143. The van der Waals surface area contributed by atoms with Crippen LogP contribution in [-0.2, 0) is 19.1 Å². The Balaban J connectivity index is 3.38. The number of rotatable bonds is 5. The Morgan fingerprint density at radius 2 is 1.92 bits per heavy atom. The molecular formula is C9H12O4. The van der Waals surface area contributed by atoms with Crippen LogP contribution in [0.3, 0.4) is 0 Å². The first-order valence-corrected chi connectivity index (χ1v) is 3.86. The number of hydrogen-bond donors (Lipinski definition) is 0. The molecule has 0 bridgehead atoms. The van der Waals surface area contributed by atoms with Crippen LogP contribution in [0.5, 0.6) is 0 Å². The SMILES string of the molecule is C#CCOC(=O)CCCC(=O)OC. The Kier molecular flexibility index (Phi) is 6.34. The monoisotopic (exact) mass is 184 g/mol. The van der Waals surface area contributed by atoms with Crippen LogP contribution in [0.1, 0.15) is 19.3 Å². The zero-order chi connectivity index (χ0) is 10.1. The molecule has 4 nitrogen and oxygen atoms in total. The van der Waals surface area contributed by atoms with E-state index in [-0.39, 0.29) is 31.4 Å². The van der Waals surface area contributed by atoms with Gasteiger partial charge in [-0.25, -0.2) is 0 Å². The van der Waals surface area contributed by atoms with Crippen molar-refractivity contribution in [1.29, 1.82) is 0 Å². The third-order valence-corrected chi connectivity index (χ3v) is 1.31. The molecule has 0 atom stereocenters. The summed E-state index contributed by atoms with van der Waals surface area (Å²) in [7, 11) is 1.30. The maximum atomic E-state index is 10.8. The van der Waals surface area contributed by atoms with Crippen LogP contribution in [0, 0.1) is 12.3 Å². The molecule has 0 rings (SSSR count). The van der Waals surface area contributed by atoms with Crippen LogP contribution >= 0.6 is 0 Å². The van der Waals surface area contributed by atoms with Gasteiger partial charge in [0.15, 0.2) is 6.61 Å². The van der Waals surface area contributed by atoms with Crippen LogP contribution in [0.2, 0.25) is 0 Å². The van der Waals surface area contributed by atoms with E-state index in [2.05, 4.69) is 15.4 Å². The van der Waals surface area contributed by atoms with Gasteiger partial charge in [0.05, 0.1) is 7.11 Å². The molecule has 0 saturated heterocycles. The van der Waals surface area contributed by atoms with Crippen molar-refractivity contribution in [1.82, 2.24) is 0 Å². The van der Waals surface area contributed by atoms with Crippen molar-refractivity contribution < 1.29 is 19.1 Å². The third kappa shape index (κ3) is 6.88. The first-order chi connectivity index (χ1) is 6.20. The summed E-state index contributed by atoms with van der Waals surface area (Å²) in [5.41, 5.74) is 0. The molecule has 0 aromatic carbocycles. The molecule has 0 saturated carbocycles. The van der Waals surface area contributed by atoms with Crippen molar-refractivity contribution in [3.05, 3.63) is 0 Å². The van der Waals surface area contributed by atoms with Crippen molar-refractivity contribution in [3.8, 4) is 12.3 Å². The third-order valence-electron chi connectivity index (χ3n) is 1.31. The smallest absolute Gasteiger partial charge is 0.306 e. The minimum atomic E-state index is -0.387. The van der Waals surface area contributed by atoms with E-state index < -0.39 is 0 Å². The number of hydrogen-bond acceptors (Lipinski definition) is 4. The Labute approximate surface area is 77.2 Å². The van der Waals surface area contributed by atoms with Crippen molar-refractivity contribution in [3.63, 3.8) is 0 Å². The van der Waals surface area contributed by atoms with E-state index in [1.807, 2.05) is 0 Å². The summed E-state index contributed by atoms with van der Waals surface area (Å²) in [4.78, 5) is 21.4. The first kappa shape index (κ1) is 11.5. The number of ether oxygens (including phenoxy) is 2. The van der Waals surface area contributed by atoms with Gasteiger partial charge in [0, 0.05) is 12.8 Å². The van der Waals surface area contributed by atoms with Crippen LogP contribution in [0.25, 0.3) is 0 Å². The van der Waals surface area contributed by atoms with Gasteiger partial charge in [-0.1, -0.05) is 5.92 Å². The average Bonchev–Trinajstić information content (AvgIpc) is 2.14. The minimum absolute atomic E-state index is 0.0168. The number of terminal acetylenes is 1. The molecule has 0 unspecified atom stereocenters. The zero-order valence-corrected chi connectivity index (χ0v) is 7.54. The Morgan fingerprint density at radius 3 is 2.46 bits per heavy atom.